The Morgan fingerprint density at radius 1 is 1.27 bits per heavy atom. The Kier molecular flexibility index (Phi) is 3.46. The number of hydrogen-bond donors (Lipinski definition) is 2. The minimum Gasteiger partial charge on any atom is -0.506 e. The SMILES string of the molecule is Cc1cn(-c2nc(N)cnc2-c2ccc(O)c(Cl)c2)nc1C. The highest BCUT2D eigenvalue weighted by molar-refractivity contribution is 6.32. The summed E-state index contributed by atoms with van der Waals surface area (Å²) in [5.74, 6) is 0.827. The number of halogens is 1. The molecule has 6 nitrogen and oxygen atoms in total. The van der Waals surface area contributed by atoms with E-state index in [2.05, 4.69) is 15.1 Å². The molecular weight excluding hydrogens is 302 g/mol. The molecule has 0 saturated heterocycles. The summed E-state index contributed by atoms with van der Waals surface area (Å²) in [6.45, 7) is 3.89. The zero-order valence-electron chi connectivity index (χ0n) is 12.1. The predicted octanol–water partition coefficient (Wildman–Crippen LogP) is 2.89. The highest BCUT2D eigenvalue weighted by Gasteiger charge is 2.14. The van der Waals surface area contributed by atoms with E-state index in [-0.39, 0.29) is 10.8 Å². The van der Waals surface area contributed by atoms with Gasteiger partial charge in [0.25, 0.3) is 0 Å². The molecule has 0 unspecified atom stereocenters. The van der Waals surface area contributed by atoms with Gasteiger partial charge in [0.1, 0.15) is 17.3 Å². The normalized spacial score (nSPS) is 10.9. The Hall–Kier alpha value is -2.60. The van der Waals surface area contributed by atoms with Gasteiger partial charge in [0, 0.05) is 11.8 Å². The van der Waals surface area contributed by atoms with Crippen LogP contribution >= 0.6 is 11.6 Å². The second-order valence-corrected chi connectivity index (χ2v) is 5.38. The summed E-state index contributed by atoms with van der Waals surface area (Å²) in [7, 11) is 0. The fourth-order valence-electron chi connectivity index (χ4n) is 2.06. The van der Waals surface area contributed by atoms with Gasteiger partial charge in [-0.3, -0.25) is 0 Å². The van der Waals surface area contributed by atoms with Gasteiger partial charge in [-0.15, -0.1) is 0 Å². The van der Waals surface area contributed by atoms with Crippen LogP contribution in [0.25, 0.3) is 17.1 Å². The second-order valence-electron chi connectivity index (χ2n) is 4.98. The maximum Gasteiger partial charge on any atom is 0.182 e. The molecule has 2 aromatic heterocycles. The molecule has 3 rings (SSSR count). The van der Waals surface area contributed by atoms with Gasteiger partial charge in [-0.05, 0) is 37.6 Å². The van der Waals surface area contributed by atoms with Crippen molar-refractivity contribution in [2.24, 2.45) is 0 Å². The zero-order valence-corrected chi connectivity index (χ0v) is 12.8. The van der Waals surface area contributed by atoms with E-state index in [0.717, 1.165) is 16.8 Å². The van der Waals surface area contributed by atoms with Gasteiger partial charge in [-0.2, -0.15) is 5.10 Å². The number of nitrogen functional groups attached to an aromatic ring is 1. The number of phenolic OH excluding ortho intramolecular Hbond substituents is 1. The molecule has 0 aliphatic carbocycles. The van der Waals surface area contributed by atoms with Crippen molar-refractivity contribution in [3.05, 3.63) is 46.9 Å². The largest absolute Gasteiger partial charge is 0.506 e. The van der Waals surface area contributed by atoms with Gasteiger partial charge in [0.15, 0.2) is 5.82 Å². The summed E-state index contributed by atoms with van der Waals surface area (Å²) in [5.41, 5.74) is 9.00. The molecule has 22 heavy (non-hydrogen) atoms. The first-order chi connectivity index (χ1) is 10.5. The molecule has 0 spiro atoms. The van der Waals surface area contributed by atoms with Gasteiger partial charge in [-0.1, -0.05) is 11.6 Å². The van der Waals surface area contributed by atoms with E-state index in [1.54, 1.807) is 16.8 Å². The lowest BCUT2D eigenvalue weighted by Crippen LogP contribution is -2.05. The topological polar surface area (TPSA) is 89.9 Å². The molecule has 0 aliphatic heterocycles. The summed E-state index contributed by atoms with van der Waals surface area (Å²) in [6.07, 6.45) is 3.34. The lowest BCUT2D eigenvalue weighted by molar-refractivity contribution is 0.475. The summed E-state index contributed by atoms with van der Waals surface area (Å²) >= 11 is 5.98. The molecule has 3 N–H and O–H groups in total. The average Bonchev–Trinajstić information content (AvgIpc) is 2.82. The first kappa shape index (κ1) is 14.3. The van der Waals surface area contributed by atoms with Gasteiger partial charge in [0.2, 0.25) is 0 Å². The van der Waals surface area contributed by atoms with Crippen LogP contribution in [0.2, 0.25) is 5.02 Å². The maximum absolute atomic E-state index is 9.56. The molecule has 0 amide bonds. The van der Waals surface area contributed by atoms with Gasteiger partial charge >= 0.3 is 0 Å². The molecule has 0 atom stereocenters. The molecule has 0 radical (unpaired) electrons. The highest BCUT2D eigenvalue weighted by atomic mass is 35.5. The fraction of sp³-hybridized carbons (Fsp3) is 0.133. The standard InChI is InChI=1S/C15H14ClN5O/c1-8-7-21(20-9(8)2)15-14(18-6-13(17)19-15)10-3-4-12(22)11(16)5-10/h3-7,22H,1-2H3,(H2,17,19). The second kappa shape index (κ2) is 5.31. The molecule has 0 bridgehead atoms. The van der Waals surface area contributed by atoms with E-state index in [1.807, 2.05) is 20.0 Å². The maximum atomic E-state index is 9.56. The Labute approximate surface area is 132 Å². The Morgan fingerprint density at radius 2 is 2.05 bits per heavy atom. The molecule has 3 aromatic rings. The van der Waals surface area contributed by atoms with E-state index < -0.39 is 0 Å². The summed E-state index contributed by atoms with van der Waals surface area (Å²) in [6, 6.07) is 4.86. The van der Waals surface area contributed by atoms with Crippen molar-refractivity contribution in [3.8, 4) is 22.8 Å². The molecular formula is C15H14ClN5O. The van der Waals surface area contributed by atoms with Crippen LogP contribution in [0.4, 0.5) is 5.82 Å². The van der Waals surface area contributed by atoms with Crippen molar-refractivity contribution in [1.29, 1.82) is 0 Å². The van der Waals surface area contributed by atoms with E-state index in [0.29, 0.717) is 17.3 Å². The van der Waals surface area contributed by atoms with Crippen LogP contribution in [0.1, 0.15) is 11.3 Å². The van der Waals surface area contributed by atoms with Crippen molar-refractivity contribution in [3.63, 3.8) is 0 Å². The van der Waals surface area contributed by atoms with Crippen LogP contribution in [0, 0.1) is 13.8 Å². The monoisotopic (exact) mass is 315 g/mol. The van der Waals surface area contributed by atoms with E-state index >= 15 is 0 Å². The minimum absolute atomic E-state index is 0.0150. The summed E-state index contributed by atoms with van der Waals surface area (Å²) < 4.78 is 1.64. The first-order valence-corrected chi connectivity index (χ1v) is 6.98. The quantitative estimate of drug-likeness (QED) is 0.759. The Bertz CT molecular complexity index is 840. The number of aryl methyl sites for hydroxylation is 2. The van der Waals surface area contributed by atoms with E-state index in [9.17, 15) is 5.11 Å². The number of rotatable bonds is 2. The van der Waals surface area contributed by atoms with Gasteiger partial charge in [0.05, 0.1) is 16.9 Å². The lowest BCUT2D eigenvalue weighted by Gasteiger charge is -2.09. The molecule has 112 valence electrons. The van der Waals surface area contributed by atoms with Crippen molar-refractivity contribution in [2.45, 2.75) is 13.8 Å². The molecule has 0 saturated carbocycles. The van der Waals surface area contributed by atoms with Crippen molar-refractivity contribution in [2.75, 3.05) is 5.73 Å². The van der Waals surface area contributed by atoms with Crippen LogP contribution in [-0.2, 0) is 0 Å². The van der Waals surface area contributed by atoms with E-state index in [1.165, 1.54) is 12.3 Å². The lowest BCUT2D eigenvalue weighted by atomic mass is 10.1. The Balaban J connectivity index is 2.21. The number of hydrogen-bond acceptors (Lipinski definition) is 5. The Morgan fingerprint density at radius 3 is 2.68 bits per heavy atom. The highest BCUT2D eigenvalue weighted by Crippen LogP contribution is 2.31. The minimum atomic E-state index is 0.0150. The van der Waals surface area contributed by atoms with Crippen LogP contribution in [0.3, 0.4) is 0 Å². The number of nitrogens with zero attached hydrogens (tertiary/aromatic N) is 4. The first-order valence-electron chi connectivity index (χ1n) is 6.60. The van der Waals surface area contributed by atoms with E-state index in [4.69, 9.17) is 17.3 Å². The molecule has 7 heteroatoms. The van der Waals surface area contributed by atoms with Crippen LogP contribution in [-0.4, -0.2) is 24.9 Å². The number of phenols is 1. The smallest absolute Gasteiger partial charge is 0.182 e. The van der Waals surface area contributed by atoms with Crippen molar-refractivity contribution in [1.82, 2.24) is 19.7 Å². The van der Waals surface area contributed by atoms with Crippen molar-refractivity contribution >= 4 is 17.4 Å². The number of aromatic hydroxyl groups is 1. The molecule has 2 heterocycles. The molecule has 0 fully saturated rings. The molecule has 1 aromatic carbocycles. The third-order valence-electron chi connectivity index (χ3n) is 3.36. The number of anilines is 1. The number of benzene rings is 1. The number of nitrogens with two attached hydrogens (primary N) is 1. The van der Waals surface area contributed by atoms with Crippen LogP contribution < -0.4 is 5.73 Å². The third-order valence-corrected chi connectivity index (χ3v) is 3.66. The average molecular weight is 316 g/mol. The fourth-order valence-corrected chi connectivity index (χ4v) is 2.25. The van der Waals surface area contributed by atoms with Gasteiger partial charge in [-0.25, -0.2) is 14.6 Å². The number of aromatic nitrogens is 4. The third kappa shape index (κ3) is 2.48. The summed E-state index contributed by atoms with van der Waals surface area (Å²) in [4.78, 5) is 8.68. The predicted molar refractivity (Wildman–Crippen MR) is 85.2 cm³/mol. The van der Waals surface area contributed by atoms with Gasteiger partial charge < -0.3 is 10.8 Å². The summed E-state index contributed by atoms with van der Waals surface area (Å²) in [5, 5.41) is 14.2. The van der Waals surface area contributed by atoms with Crippen LogP contribution in [0.5, 0.6) is 5.75 Å². The molecule has 0 aliphatic rings. The van der Waals surface area contributed by atoms with Crippen molar-refractivity contribution < 1.29 is 5.11 Å². The van der Waals surface area contributed by atoms with Crippen LogP contribution in [0.15, 0.2) is 30.6 Å². The zero-order chi connectivity index (χ0) is 15.9.